The van der Waals surface area contributed by atoms with E-state index in [1.54, 1.807) is 0 Å². The monoisotopic (exact) mass is 347 g/mol. The van der Waals surface area contributed by atoms with Crippen molar-refractivity contribution in [2.24, 2.45) is 0 Å². The van der Waals surface area contributed by atoms with Gasteiger partial charge in [-0.15, -0.1) is 0 Å². The van der Waals surface area contributed by atoms with Crippen molar-refractivity contribution in [3.8, 4) is 5.75 Å². The third-order valence-electron chi connectivity index (χ3n) is 2.67. The molecule has 0 bridgehead atoms. The molecule has 2 aromatic carbocycles. The zero-order valence-corrected chi connectivity index (χ0v) is 12.2. The first-order chi connectivity index (χ1) is 10.7. The fraction of sp³-hybridized carbons (Fsp3) is 0.133. The van der Waals surface area contributed by atoms with Gasteiger partial charge in [-0.25, -0.2) is 4.39 Å². The molecule has 0 fully saturated rings. The van der Waals surface area contributed by atoms with Crippen LogP contribution in [-0.4, -0.2) is 18.7 Å². The molecule has 122 valence electrons. The quantitative estimate of drug-likeness (QED) is 0.816. The van der Waals surface area contributed by atoms with Gasteiger partial charge in [0.05, 0.1) is 5.69 Å². The Morgan fingerprint density at radius 3 is 2.57 bits per heavy atom. The molecule has 0 unspecified atom stereocenters. The molecule has 2 rings (SSSR count). The Bertz CT molecular complexity index is 719. The van der Waals surface area contributed by atoms with Crippen LogP contribution in [0, 0.1) is 5.82 Å². The highest BCUT2D eigenvalue weighted by atomic mass is 35.5. The second kappa shape index (κ2) is 6.87. The van der Waals surface area contributed by atoms with Gasteiger partial charge < -0.3 is 10.1 Å². The van der Waals surface area contributed by atoms with Gasteiger partial charge in [-0.2, -0.15) is 13.2 Å². The normalized spacial score (nSPS) is 11.2. The molecule has 0 saturated carbocycles. The van der Waals surface area contributed by atoms with E-state index in [9.17, 15) is 22.4 Å². The summed E-state index contributed by atoms with van der Waals surface area (Å²) in [6.45, 7) is -1.52. The molecule has 0 saturated heterocycles. The number of benzene rings is 2. The highest BCUT2D eigenvalue weighted by Gasteiger charge is 2.29. The van der Waals surface area contributed by atoms with Crippen LogP contribution in [0.2, 0.25) is 5.02 Å². The molecule has 23 heavy (non-hydrogen) atoms. The van der Waals surface area contributed by atoms with E-state index < -0.39 is 24.5 Å². The standard InChI is InChI=1S/C15H10ClF4NO2/c16-10-4-5-13(23-8-15(18,19)20)12(7-10)21-14(22)9-2-1-3-11(17)6-9/h1-7H,8H2,(H,21,22). The van der Waals surface area contributed by atoms with Crippen molar-refractivity contribution in [1.29, 1.82) is 0 Å². The molecule has 2 aromatic rings. The lowest BCUT2D eigenvalue weighted by molar-refractivity contribution is -0.153. The number of ether oxygens (including phenoxy) is 1. The minimum Gasteiger partial charge on any atom is -0.482 e. The van der Waals surface area contributed by atoms with Crippen molar-refractivity contribution < 1.29 is 27.1 Å². The van der Waals surface area contributed by atoms with Gasteiger partial charge in [0.25, 0.3) is 5.91 Å². The summed E-state index contributed by atoms with van der Waals surface area (Å²) in [5.74, 6) is -1.52. The Morgan fingerprint density at radius 2 is 1.91 bits per heavy atom. The van der Waals surface area contributed by atoms with Gasteiger partial charge in [0, 0.05) is 10.6 Å². The highest BCUT2D eigenvalue weighted by Crippen LogP contribution is 2.30. The number of hydrogen-bond acceptors (Lipinski definition) is 2. The summed E-state index contributed by atoms with van der Waals surface area (Å²) in [5.41, 5.74) is -0.0391. The van der Waals surface area contributed by atoms with Crippen LogP contribution in [0.5, 0.6) is 5.75 Å². The first kappa shape index (κ1) is 17.1. The second-order valence-electron chi connectivity index (χ2n) is 4.51. The highest BCUT2D eigenvalue weighted by molar-refractivity contribution is 6.31. The van der Waals surface area contributed by atoms with Crippen LogP contribution in [0.4, 0.5) is 23.2 Å². The minimum absolute atomic E-state index is 0.00625. The lowest BCUT2D eigenvalue weighted by Crippen LogP contribution is -2.20. The third kappa shape index (κ3) is 5.14. The maximum atomic E-state index is 13.1. The van der Waals surface area contributed by atoms with E-state index in [4.69, 9.17) is 11.6 Å². The largest absolute Gasteiger partial charge is 0.482 e. The molecule has 0 heterocycles. The van der Waals surface area contributed by atoms with Gasteiger partial charge in [-0.05, 0) is 36.4 Å². The average molecular weight is 348 g/mol. The summed E-state index contributed by atoms with van der Waals surface area (Å²) in [7, 11) is 0. The van der Waals surface area contributed by atoms with Crippen LogP contribution in [-0.2, 0) is 0 Å². The van der Waals surface area contributed by atoms with Crippen molar-refractivity contribution in [3.05, 3.63) is 58.9 Å². The Labute approximate surface area is 133 Å². The maximum Gasteiger partial charge on any atom is 0.422 e. The molecule has 0 aliphatic heterocycles. The molecule has 8 heteroatoms. The van der Waals surface area contributed by atoms with Gasteiger partial charge in [-0.3, -0.25) is 4.79 Å². The molecule has 0 aromatic heterocycles. The summed E-state index contributed by atoms with van der Waals surface area (Å²) in [5, 5.41) is 2.54. The van der Waals surface area contributed by atoms with E-state index in [-0.39, 0.29) is 22.0 Å². The summed E-state index contributed by atoms with van der Waals surface area (Å²) in [6.07, 6.45) is -4.52. The molecular formula is C15H10ClF4NO2. The number of amides is 1. The van der Waals surface area contributed by atoms with Crippen LogP contribution >= 0.6 is 11.6 Å². The molecule has 0 spiro atoms. The van der Waals surface area contributed by atoms with E-state index in [0.29, 0.717) is 0 Å². The summed E-state index contributed by atoms with van der Waals surface area (Å²) in [4.78, 5) is 12.0. The fourth-order valence-electron chi connectivity index (χ4n) is 1.71. The first-order valence-electron chi connectivity index (χ1n) is 6.30. The van der Waals surface area contributed by atoms with Gasteiger partial charge in [-0.1, -0.05) is 17.7 Å². The number of alkyl halides is 3. The molecule has 1 N–H and O–H groups in total. The Morgan fingerprint density at radius 1 is 1.17 bits per heavy atom. The second-order valence-corrected chi connectivity index (χ2v) is 4.95. The molecule has 1 amide bonds. The van der Waals surface area contributed by atoms with Crippen molar-refractivity contribution in [2.75, 3.05) is 11.9 Å². The van der Waals surface area contributed by atoms with Gasteiger partial charge in [0.2, 0.25) is 0 Å². The van der Waals surface area contributed by atoms with E-state index in [1.807, 2.05) is 0 Å². The topological polar surface area (TPSA) is 38.3 Å². The number of halogens is 5. The number of carbonyl (C=O) groups is 1. The minimum atomic E-state index is -4.52. The zero-order chi connectivity index (χ0) is 17.0. The average Bonchev–Trinajstić information content (AvgIpc) is 2.45. The molecule has 0 aliphatic rings. The van der Waals surface area contributed by atoms with Crippen LogP contribution in [0.1, 0.15) is 10.4 Å². The predicted molar refractivity (Wildman–Crippen MR) is 77.4 cm³/mol. The Balaban J connectivity index is 2.21. The lowest BCUT2D eigenvalue weighted by atomic mass is 10.2. The van der Waals surface area contributed by atoms with Gasteiger partial charge in [0.15, 0.2) is 6.61 Å². The number of carbonyl (C=O) groups excluding carboxylic acids is 1. The maximum absolute atomic E-state index is 13.1. The third-order valence-corrected chi connectivity index (χ3v) is 2.90. The van der Waals surface area contributed by atoms with E-state index in [2.05, 4.69) is 10.1 Å². The van der Waals surface area contributed by atoms with Crippen molar-refractivity contribution in [2.45, 2.75) is 6.18 Å². The number of hydrogen-bond donors (Lipinski definition) is 1. The molecule has 0 radical (unpaired) electrons. The zero-order valence-electron chi connectivity index (χ0n) is 11.5. The van der Waals surface area contributed by atoms with Gasteiger partial charge in [0.1, 0.15) is 11.6 Å². The van der Waals surface area contributed by atoms with E-state index >= 15 is 0 Å². The number of rotatable bonds is 4. The van der Waals surface area contributed by atoms with E-state index in [1.165, 1.54) is 30.3 Å². The fourth-order valence-corrected chi connectivity index (χ4v) is 1.88. The predicted octanol–water partition coefficient (Wildman–Crippen LogP) is 4.67. The van der Waals surface area contributed by atoms with Crippen molar-refractivity contribution in [1.82, 2.24) is 0 Å². The molecule has 3 nitrogen and oxygen atoms in total. The number of nitrogens with one attached hydrogen (secondary N) is 1. The Kier molecular flexibility index (Phi) is 5.10. The summed E-state index contributed by atoms with van der Waals surface area (Å²) >= 11 is 5.77. The summed E-state index contributed by atoms with van der Waals surface area (Å²) < 4.78 is 54.5. The van der Waals surface area contributed by atoms with Crippen LogP contribution in [0.3, 0.4) is 0 Å². The van der Waals surface area contributed by atoms with Crippen LogP contribution in [0.25, 0.3) is 0 Å². The number of anilines is 1. The SMILES string of the molecule is O=C(Nc1cc(Cl)ccc1OCC(F)(F)F)c1cccc(F)c1. The molecule has 0 atom stereocenters. The first-order valence-corrected chi connectivity index (χ1v) is 6.68. The summed E-state index contributed by atoms with van der Waals surface area (Å²) in [6, 6.07) is 8.62. The van der Waals surface area contributed by atoms with Gasteiger partial charge >= 0.3 is 6.18 Å². The molecular weight excluding hydrogens is 338 g/mol. The molecule has 0 aliphatic carbocycles. The van der Waals surface area contributed by atoms with Crippen LogP contribution < -0.4 is 10.1 Å². The van der Waals surface area contributed by atoms with Crippen molar-refractivity contribution in [3.63, 3.8) is 0 Å². The van der Waals surface area contributed by atoms with Crippen LogP contribution in [0.15, 0.2) is 42.5 Å². The smallest absolute Gasteiger partial charge is 0.422 e. The lowest BCUT2D eigenvalue weighted by Gasteiger charge is -2.14. The Hall–Kier alpha value is -2.28. The van der Waals surface area contributed by atoms with Crippen molar-refractivity contribution >= 4 is 23.2 Å². The van der Waals surface area contributed by atoms with E-state index in [0.717, 1.165) is 12.1 Å².